The minimum Gasteiger partial charge on any atom is -0.304 e. The average molecular weight is 410 g/mol. The first-order chi connectivity index (χ1) is 12.7. The molecule has 0 unspecified atom stereocenters. The number of benzene rings is 1. The van der Waals surface area contributed by atoms with Crippen molar-refractivity contribution in [2.24, 2.45) is 0 Å². The molecule has 1 saturated heterocycles. The van der Waals surface area contributed by atoms with Crippen molar-refractivity contribution in [2.45, 2.75) is 45.3 Å². The first-order valence-corrected chi connectivity index (χ1v) is 11.0. The molecule has 3 rings (SSSR count). The van der Waals surface area contributed by atoms with Gasteiger partial charge in [0.2, 0.25) is 10.0 Å². The monoisotopic (exact) mass is 409 g/mol. The Bertz CT molecular complexity index is 970. The van der Waals surface area contributed by atoms with Crippen LogP contribution in [0.1, 0.15) is 31.0 Å². The molecule has 7 nitrogen and oxygen atoms in total. The third-order valence-corrected chi connectivity index (χ3v) is 7.41. The van der Waals surface area contributed by atoms with Crippen LogP contribution in [0.3, 0.4) is 0 Å². The van der Waals surface area contributed by atoms with Gasteiger partial charge in [0.05, 0.1) is 11.6 Å². The summed E-state index contributed by atoms with van der Waals surface area (Å²) < 4.78 is 32.0. The summed E-state index contributed by atoms with van der Waals surface area (Å²) in [5.74, 6) is 0. The lowest BCUT2D eigenvalue weighted by atomic mass is 10.2. The van der Waals surface area contributed by atoms with Crippen molar-refractivity contribution in [3.63, 3.8) is 0 Å². The number of aryl methyl sites for hydroxylation is 2. The van der Waals surface area contributed by atoms with E-state index in [0.717, 1.165) is 11.1 Å². The summed E-state index contributed by atoms with van der Waals surface area (Å²) in [7, 11) is -3.46. The average Bonchev–Trinajstić information content (AvgIpc) is 2.96. The van der Waals surface area contributed by atoms with Crippen molar-refractivity contribution in [3.8, 4) is 0 Å². The molecule has 1 aliphatic rings. The molecule has 1 aromatic heterocycles. The van der Waals surface area contributed by atoms with Gasteiger partial charge in [-0.2, -0.15) is 9.40 Å². The van der Waals surface area contributed by atoms with E-state index in [-0.39, 0.29) is 6.04 Å². The lowest BCUT2D eigenvalue weighted by Crippen LogP contribution is -2.49. The van der Waals surface area contributed by atoms with Crippen LogP contribution in [0, 0.1) is 18.6 Å². The number of hydrogen-bond acceptors (Lipinski definition) is 5. The van der Waals surface area contributed by atoms with Gasteiger partial charge in [0, 0.05) is 32.2 Å². The highest BCUT2D eigenvalue weighted by Crippen LogP contribution is 2.22. The van der Waals surface area contributed by atoms with E-state index in [4.69, 9.17) is 12.2 Å². The molecule has 0 saturated carbocycles. The maximum atomic E-state index is 13.0. The standard InChI is InChI=1S/C18H27N5O2S2/c1-14(2)22-12-19-23(18(22)26)13-20-7-9-21(10-8-20)27(24,25)17-6-5-15(3)11-16(17)4/h5-6,11-12,14H,7-10,13H2,1-4H3. The highest BCUT2D eigenvalue weighted by molar-refractivity contribution is 7.89. The Kier molecular flexibility index (Phi) is 5.85. The summed E-state index contributed by atoms with van der Waals surface area (Å²) >= 11 is 5.47. The highest BCUT2D eigenvalue weighted by Gasteiger charge is 2.29. The Balaban J connectivity index is 1.67. The van der Waals surface area contributed by atoms with Crippen molar-refractivity contribution < 1.29 is 8.42 Å². The molecule has 0 spiro atoms. The zero-order chi connectivity index (χ0) is 19.8. The zero-order valence-corrected chi connectivity index (χ0v) is 17.9. The molecular formula is C18H27N5O2S2. The van der Waals surface area contributed by atoms with Gasteiger partial charge in [-0.1, -0.05) is 17.7 Å². The fourth-order valence-electron chi connectivity index (χ4n) is 3.33. The van der Waals surface area contributed by atoms with Gasteiger partial charge < -0.3 is 4.57 Å². The third-order valence-electron chi connectivity index (χ3n) is 4.93. The van der Waals surface area contributed by atoms with Crippen LogP contribution < -0.4 is 0 Å². The smallest absolute Gasteiger partial charge is 0.243 e. The predicted octanol–water partition coefficient (Wildman–Crippen LogP) is 2.58. The van der Waals surface area contributed by atoms with Crippen molar-refractivity contribution in [3.05, 3.63) is 40.4 Å². The van der Waals surface area contributed by atoms with Crippen LogP contribution in [-0.2, 0) is 16.7 Å². The van der Waals surface area contributed by atoms with E-state index in [0.29, 0.717) is 42.5 Å². The van der Waals surface area contributed by atoms with Crippen molar-refractivity contribution in [1.82, 2.24) is 23.6 Å². The van der Waals surface area contributed by atoms with E-state index in [1.807, 2.05) is 30.5 Å². The number of piperazine rings is 1. The van der Waals surface area contributed by atoms with Gasteiger partial charge in [-0.25, -0.2) is 13.1 Å². The summed E-state index contributed by atoms with van der Waals surface area (Å²) in [4.78, 5) is 2.58. The molecule has 0 bridgehead atoms. The molecule has 0 amide bonds. The summed E-state index contributed by atoms with van der Waals surface area (Å²) in [6.45, 7) is 10.8. The molecule has 148 valence electrons. The topological polar surface area (TPSA) is 63.4 Å². The van der Waals surface area contributed by atoms with Crippen molar-refractivity contribution >= 4 is 22.2 Å². The van der Waals surface area contributed by atoms with E-state index in [1.165, 1.54) is 0 Å². The summed E-state index contributed by atoms with van der Waals surface area (Å²) in [5.41, 5.74) is 1.86. The van der Waals surface area contributed by atoms with Crippen LogP contribution in [0.2, 0.25) is 0 Å². The van der Waals surface area contributed by atoms with Crippen molar-refractivity contribution in [1.29, 1.82) is 0 Å². The number of aromatic nitrogens is 3. The van der Waals surface area contributed by atoms with Crippen LogP contribution in [0.4, 0.5) is 0 Å². The molecular weight excluding hydrogens is 382 g/mol. The minimum atomic E-state index is -3.46. The van der Waals surface area contributed by atoms with E-state index < -0.39 is 10.0 Å². The molecule has 0 N–H and O–H groups in total. The van der Waals surface area contributed by atoms with Gasteiger partial charge in [0.1, 0.15) is 6.33 Å². The summed E-state index contributed by atoms with van der Waals surface area (Å²) in [6, 6.07) is 5.74. The Morgan fingerprint density at radius 1 is 1.15 bits per heavy atom. The Morgan fingerprint density at radius 3 is 2.37 bits per heavy atom. The second-order valence-electron chi connectivity index (χ2n) is 7.35. The largest absolute Gasteiger partial charge is 0.304 e. The normalized spacial score (nSPS) is 16.9. The van der Waals surface area contributed by atoms with E-state index in [2.05, 4.69) is 23.8 Å². The number of rotatable bonds is 5. The fourth-order valence-corrected chi connectivity index (χ4v) is 5.32. The van der Waals surface area contributed by atoms with Gasteiger partial charge in [-0.15, -0.1) is 0 Å². The number of sulfonamides is 1. The molecule has 2 heterocycles. The van der Waals surface area contributed by atoms with Gasteiger partial charge >= 0.3 is 0 Å². The highest BCUT2D eigenvalue weighted by atomic mass is 32.2. The van der Waals surface area contributed by atoms with Crippen LogP contribution in [0.15, 0.2) is 29.4 Å². The first-order valence-electron chi connectivity index (χ1n) is 9.14. The molecule has 9 heteroatoms. The van der Waals surface area contributed by atoms with Gasteiger partial charge in [-0.3, -0.25) is 4.90 Å². The molecule has 0 aliphatic carbocycles. The molecule has 0 radical (unpaired) electrons. The zero-order valence-electron chi connectivity index (χ0n) is 16.3. The van der Waals surface area contributed by atoms with Crippen LogP contribution in [0.25, 0.3) is 0 Å². The summed E-state index contributed by atoms with van der Waals surface area (Å²) in [5, 5.41) is 4.37. The van der Waals surface area contributed by atoms with Crippen LogP contribution in [-0.4, -0.2) is 58.1 Å². The van der Waals surface area contributed by atoms with Crippen molar-refractivity contribution in [2.75, 3.05) is 26.2 Å². The molecule has 27 heavy (non-hydrogen) atoms. The minimum absolute atomic E-state index is 0.269. The quantitative estimate of drug-likeness (QED) is 0.710. The molecule has 0 atom stereocenters. The maximum absolute atomic E-state index is 13.0. The SMILES string of the molecule is Cc1ccc(S(=O)(=O)N2CCN(Cn3ncn(C(C)C)c3=S)CC2)c(C)c1. The Morgan fingerprint density at radius 2 is 1.81 bits per heavy atom. The maximum Gasteiger partial charge on any atom is 0.243 e. The Hall–Kier alpha value is -1.55. The van der Waals surface area contributed by atoms with Crippen LogP contribution in [0.5, 0.6) is 0 Å². The Labute approximate surface area is 166 Å². The molecule has 2 aromatic rings. The molecule has 1 aromatic carbocycles. The van der Waals surface area contributed by atoms with E-state index >= 15 is 0 Å². The first kappa shape index (κ1) is 20.2. The summed E-state index contributed by atoms with van der Waals surface area (Å²) in [6.07, 6.45) is 1.76. The second-order valence-corrected chi connectivity index (χ2v) is 9.62. The number of nitrogens with zero attached hydrogens (tertiary/aromatic N) is 5. The predicted molar refractivity (Wildman–Crippen MR) is 108 cm³/mol. The molecule has 1 fully saturated rings. The number of hydrogen-bond donors (Lipinski definition) is 0. The van der Waals surface area contributed by atoms with Gasteiger partial charge in [0.15, 0.2) is 4.77 Å². The lowest BCUT2D eigenvalue weighted by Gasteiger charge is -2.34. The fraction of sp³-hybridized carbons (Fsp3) is 0.556. The molecule has 1 aliphatic heterocycles. The van der Waals surface area contributed by atoms with Crippen LogP contribution >= 0.6 is 12.2 Å². The lowest BCUT2D eigenvalue weighted by molar-refractivity contribution is 0.144. The van der Waals surface area contributed by atoms with E-state index in [1.54, 1.807) is 21.4 Å². The third kappa shape index (κ3) is 4.16. The van der Waals surface area contributed by atoms with E-state index in [9.17, 15) is 8.42 Å². The van der Waals surface area contributed by atoms with Gasteiger partial charge in [0.25, 0.3) is 0 Å². The second kappa shape index (κ2) is 7.83. The van der Waals surface area contributed by atoms with Gasteiger partial charge in [-0.05, 0) is 51.5 Å².